The van der Waals surface area contributed by atoms with Gasteiger partial charge in [-0.25, -0.2) is 13.2 Å². The predicted octanol–water partition coefficient (Wildman–Crippen LogP) is 3.69. The predicted molar refractivity (Wildman–Crippen MR) is 103 cm³/mol. The third-order valence-corrected chi connectivity index (χ3v) is 4.99. The molecule has 0 aliphatic carbocycles. The quantitative estimate of drug-likeness (QED) is 0.617. The molecule has 152 valence electrons. The van der Waals surface area contributed by atoms with E-state index >= 15 is 0 Å². The van der Waals surface area contributed by atoms with Crippen molar-refractivity contribution in [1.82, 2.24) is 10.2 Å². The van der Waals surface area contributed by atoms with Gasteiger partial charge in [0, 0.05) is 4.88 Å². The van der Waals surface area contributed by atoms with Gasteiger partial charge in [-0.2, -0.15) is 0 Å². The molecule has 5 nitrogen and oxygen atoms in total. The highest BCUT2D eigenvalue weighted by Crippen LogP contribution is 2.20. The van der Waals surface area contributed by atoms with Crippen LogP contribution in [0.4, 0.5) is 18.9 Å². The van der Waals surface area contributed by atoms with Crippen LogP contribution >= 0.6 is 11.3 Å². The number of hydrogen-bond acceptors (Lipinski definition) is 4. The van der Waals surface area contributed by atoms with Gasteiger partial charge in [0.1, 0.15) is 0 Å². The number of nitrogens with one attached hydrogen (secondary N) is 2. The first-order valence-corrected chi connectivity index (χ1v) is 9.68. The number of carbonyl (C=O) groups is 2. The van der Waals surface area contributed by atoms with E-state index in [2.05, 4.69) is 10.6 Å². The lowest BCUT2D eigenvalue weighted by atomic mass is 10.2. The lowest BCUT2D eigenvalue weighted by molar-refractivity contribution is -0.124. The molecule has 1 atom stereocenters. The average molecular weight is 413 g/mol. The van der Waals surface area contributed by atoms with Crippen LogP contribution in [0.15, 0.2) is 29.6 Å². The smallest absolute Gasteiger partial charge is 0.238 e. The zero-order chi connectivity index (χ0) is 20.7. The Kier molecular flexibility index (Phi) is 8.01. The number of rotatable bonds is 9. The van der Waals surface area contributed by atoms with Gasteiger partial charge >= 0.3 is 0 Å². The summed E-state index contributed by atoms with van der Waals surface area (Å²) in [6.45, 7) is 4.03. The summed E-state index contributed by atoms with van der Waals surface area (Å²) >= 11 is 1.53. The monoisotopic (exact) mass is 413 g/mol. The molecule has 1 aromatic heterocycles. The number of amides is 2. The summed E-state index contributed by atoms with van der Waals surface area (Å²) in [5, 5.41) is 6.99. The van der Waals surface area contributed by atoms with Crippen LogP contribution in [0.2, 0.25) is 0 Å². The maximum Gasteiger partial charge on any atom is 0.238 e. The van der Waals surface area contributed by atoms with Crippen molar-refractivity contribution in [2.75, 3.05) is 25.0 Å². The van der Waals surface area contributed by atoms with Crippen molar-refractivity contribution in [2.45, 2.75) is 26.3 Å². The van der Waals surface area contributed by atoms with E-state index in [1.165, 1.54) is 11.3 Å². The number of carbonyl (C=O) groups excluding carboxylic acids is 2. The van der Waals surface area contributed by atoms with Gasteiger partial charge in [-0.05, 0) is 43.5 Å². The lowest BCUT2D eigenvalue weighted by Gasteiger charge is -2.22. The minimum Gasteiger partial charge on any atom is -0.348 e. The van der Waals surface area contributed by atoms with Crippen LogP contribution in [0.25, 0.3) is 0 Å². The molecule has 0 fully saturated rings. The minimum atomic E-state index is -1.65. The molecule has 0 radical (unpaired) electrons. The SMILES string of the molecule is CCCN(CC(=O)Nc1ccc(F)c(F)c1F)CC(=O)NC(C)c1cccs1. The first-order valence-electron chi connectivity index (χ1n) is 8.80. The van der Waals surface area contributed by atoms with Gasteiger partial charge in [-0.15, -0.1) is 11.3 Å². The molecule has 2 aromatic rings. The molecule has 0 saturated carbocycles. The molecule has 28 heavy (non-hydrogen) atoms. The van der Waals surface area contributed by atoms with Crippen molar-refractivity contribution in [3.8, 4) is 0 Å². The third-order valence-electron chi connectivity index (χ3n) is 3.93. The Balaban J connectivity index is 1.93. The number of nitrogens with zero attached hydrogens (tertiary/aromatic N) is 1. The van der Waals surface area contributed by atoms with Gasteiger partial charge < -0.3 is 10.6 Å². The molecule has 2 rings (SSSR count). The second kappa shape index (κ2) is 10.2. The standard InChI is InChI=1S/C19H22F3N3O2S/c1-3-8-25(10-16(26)23-12(2)15-5-4-9-28-15)11-17(27)24-14-7-6-13(20)18(21)19(14)22/h4-7,9,12H,3,8,10-11H2,1-2H3,(H,23,26)(H,24,27). The van der Waals surface area contributed by atoms with E-state index in [1.54, 1.807) is 4.90 Å². The Morgan fingerprint density at radius 2 is 1.82 bits per heavy atom. The van der Waals surface area contributed by atoms with E-state index in [9.17, 15) is 22.8 Å². The van der Waals surface area contributed by atoms with Crippen molar-refractivity contribution in [2.24, 2.45) is 0 Å². The van der Waals surface area contributed by atoms with Crippen molar-refractivity contribution in [1.29, 1.82) is 0 Å². The fraction of sp³-hybridized carbons (Fsp3) is 0.368. The molecule has 2 amide bonds. The zero-order valence-electron chi connectivity index (χ0n) is 15.6. The third kappa shape index (κ3) is 6.07. The fourth-order valence-corrected chi connectivity index (χ4v) is 3.38. The Bertz CT molecular complexity index is 815. The molecule has 0 spiro atoms. The fourth-order valence-electron chi connectivity index (χ4n) is 2.64. The van der Waals surface area contributed by atoms with Gasteiger partial charge in [-0.3, -0.25) is 14.5 Å². The molecular weight excluding hydrogens is 391 g/mol. The van der Waals surface area contributed by atoms with Crippen LogP contribution in [0.3, 0.4) is 0 Å². The molecular formula is C19H22F3N3O2S. The van der Waals surface area contributed by atoms with Crippen LogP contribution in [0, 0.1) is 17.5 Å². The summed E-state index contributed by atoms with van der Waals surface area (Å²) in [7, 11) is 0. The Morgan fingerprint density at radius 1 is 1.11 bits per heavy atom. The first kappa shape index (κ1) is 21.9. The van der Waals surface area contributed by atoms with Crippen molar-refractivity contribution >= 4 is 28.8 Å². The van der Waals surface area contributed by atoms with Crippen molar-refractivity contribution in [3.05, 3.63) is 52.0 Å². The van der Waals surface area contributed by atoms with E-state index in [-0.39, 0.29) is 25.0 Å². The summed E-state index contributed by atoms with van der Waals surface area (Å²) in [5.74, 6) is -5.32. The van der Waals surface area contributed by atoms with Crippen molar-refractivity contribution < 1.29 is 22.8 Å². The molecule has 2 N–H and O–H groups in total. The van der Waals surface area contributed by atoms with Gasteiger partial charge in [0.25, 0.3) is 0 Å². The Labute approximate surface area is 165 Å². The molecule has 0 aliphatic rings. The number of anilines is 1. The van der Waals surface area contributed by atoms with E-state index in [0.717, 1.165) is 17.0 Å². The number of halogens is 3. The van der Waals surface area contributed by atoms with Gasteiger partial charge in [-0.1, -0.05) is 13.0 Å². The highest BCUT2D eigenvalue weighted by molar-refractivity contribution is 7.10. The Hall–Kier alpha value is -2.39. The normalized spacial score (nSPS) is 12.1. The van der Waals surface area contributed by atoms with Gasteiger partial charge in [0.15, 0.2) is 17.5 Å². The van der Waals surface area contributed by atoms with E-state index in [4.69, 9.17) is 0 Å². The van der Waals surface area contributed by atoms with Crippen LogP contribution in [0.5, 0.6) is 0 Å². The molecule has 1 unspecified atom stereocenters. The summed E-state index contributed by atoms with van der Waals surface area (Å²) in [6.07, 6.45) is 0.695. The summed E-state index contributed by atoms with van der Waals surface area (Å²) in [5.41, 5.74) is -0.448. The molecule has 0 saturated heterocycles. The van der Waals surface area contributed by atoms with E-state index in [1.807, 2.05) is 31.4 Å². The molecule has 9 heteroatoms. The number of benzene rings is 1. The molecule has 1 aromatic carbocycles. The maximum atomic E-state index is 13.7. The first-order chi connectivity index (χ1) is 13.3. The maximum absolute atomic E-state index is 13.7. The topological polar surface area (TPSA) is 61.4 Å². The zero-order valence-corrected chi connectivity index (χ0v) is 16.4. The summed E-state index contributed by atoms with van der Waals surface area (Å²) in [4.78, 5) is 27.1. The molecule has 0 bridgehead atoms. The lowest BCUT2D eigenvalue weighted by Crippen LogP contribution is -2.42. The summed E-state index contributed by atoms with van der Waals surface area (Å²) in [6, 6.07) is 5.35. The van der Waals surface area contributed by atoms with Crippen LogP contribution in [0.1, 0.15) is 31.2 Å². The number of hydrogen-bond donors (Lipinski definition) is 2. The summed E-state index contributed by atoms with van der Waals surface area (Å²) < 4.78 is 39.9. The van der Waals surface area contributed by atoms with E-state index < -0.39 is 29.0 Å². The van der Waals surface area contributed by atoms with Gasteiger partial charge in [0.05, 0.1) is 24.8 Å². The second-order valence-electron chi connectivity index (χ2n) is 6.29. The molecule has 0 aliphatic heterocycles. The second-order valence-corrected chi connectivity index (χ2v) is 7.27. The van der Waals surface area contributed by atoms with E-state index in [0.29, 0.717) is 13.0 Å². The van der Waals surface area contributed by atoms with Gasteiger partial charge in [0.2, 0.25) is 11.8 Å². The van der Waals surface area contributed by atoms with Crippen LogP contribution in [-0.2, 0) is 9.59 Å². The van der Waals surface area contributed by atoms with Crippen LogP contribution < -0.4 is 10.6 Å². The Morgan fingerprint density at radius 3 is 2.46 bits per heavy atom. The van der Waals surface area contributed by atoms with Crippen LogP contribution in [-0.4, -0.2) is 36.3 Å². The highest BCUT2D eigenvalue weighted by Gasteiger charge is 2.19. The largest absolute Gasteiger partial charge is 0.348 e. The molecule has 1 heterocycles. The van der Waals surface area contributed by atoms with Crippen molar-refractivity contribution in [3.63, 3.8) is 0 Å². The highest BCUT2D eigenvalue weighted by atomic mass is 32.1. The number of thiophene rings is 1. The minimum absolute atomic E-state index is 0.0166. The average Bonchev–Trinajstić information content (AvgIpc) is 3.17.